The Morgan fingerprint density at radius 1 is 1.08 bits per heavy atom. The lowest BCUT2D eigenvalue weighted by molar-refractivity contribution is 0.173. The predicted octanol–water partition coefficient (Wildman–Crippen LogP) is 3.30. The van der Waals surface area contributed by atoms with E-state index in [1.54, 1.807) is 0 Å². The number of likely N-dealkylation sites (tertiary alicyclic amines) is 1. The summed E-state index contributed by atoms with van der Waals surface area (Å²) in [7, 11) is 0. The first kappa shape index (κ1) is 18.9. The lowest BCUT2D eigenvalue weighted by Gasteiger charge is -2.17. The number of nitrogens with zero attached hydrogens (tertiary/aromatic N) is 1. The number of benzene rings is 2. The van der Waals surface area contributed by atoms with Crippen LogP contribution in [-0.4, -0.2) is 47.5 Å². The summed E-state index contributed by atoms with van der Waals surface area (Å²) in [5.74, 6) is 0.915. The third kappa shape index (κ3) is 4.26. The molecule has 0 saturated carbocycles. The van der Waals surface area contributed by atoms with Crippen molar-refractivity contribution in [1.29, 1.82) is 0 Å². The molecule has 0 aliphatic carbocycles. The molecule has 0 amide bonds. The van der Waals surface area contributed by atoms with Crippen LogP contribution in [0.3, 0.4) is 0 Å². The second-order valence-electron chi connectivity index (χ2n) is 7.12. The van der Waals surface area contributed by atoms with Crippen molar-refractivity contribution in [1.82, 2.24) is 4.90 Å². The number of β-amino-alcohol motifs (C(OH)–C–C–N with tert-alkyl or cyclic N) is 1. The van der Waals surface area contributed by atoms with Gasteiger partial charge in [-0.1, -0.05) is 30.3 Å². The van der Waals surface area contributed by atoms with E-state index in [4.69, 9.17) is 4.74 Å². The predicted molar refractivity (Wildman–Crippen MR) is 104 cm³/mol. The molecule has 1 aliphatic rings. The molecule has 0 aromatic heterocycles. The van der Waals surface area contributed by atoms with Crippen molar-refractivity contribution in [3.05, 3.63) is 53.1 Å². The number of aliphatic hydroxyl groups excluding tert-OH is 2. The van der Waals surface area contributed by atoms with E-state index in [1.807, 2.05) is 24.3 Å². The molecule has 2 N–H and O–H groups in total. The van der Waals surface area contributed by atoms with Crippen LogP contribution in [0.25, 0.3) is 11.1 Å². The van der Waals surface area contributed by atoms with E-state index in [9.17, 15) is 10.2 Å². The molecule has 2 aromatic rings. The fraction of sp³-hybridized carbons (Fsp3) is 0.455. The maximum absolute atomic E-state index is 9.58. The molecule has 3 rings (SSSR count). The summed E-state index contributed by atoms with van der Waals surface area (Å²) in [5.41, 5.74) is 5.50. The summed E-state index contributed by atoms with van der Waals surface area (Å²) in [5, 5.41) is 19.1. The maximum atomic E-state index is 9.58. The van der Waals surface area contributed by atoms with Crippen LogP contribution < -0.4 is 4.74 Å². The van der Waals surface area contributed by atoms with Crippen molar-refractivity contribution in [2.24, 2.45) is 0 Å². The van der Waals surface area contributed by atoms with Crippen molar-refractivity contribution < 1.29 is 14.9 Å². The minimum Gasteiger partial charge on any atom is -0.493 e. The number of aliphatic hydroxyl groups is 2. The topological polar surface area (TPSA) is 52.9 Å². The van der Waals surface area contributed by atoms with Crippen molar-refractivity contribution >= 4 is 0 Å². The average Bonchev–Trinajstić information content (AvgIpc) is 3.06. The van der Waals surface area contributed by atoms with Gasteiger partial charge in [0.2, 0.25) is 0 Å². The number of ether oxygens (including phenoxy) is 1. The van der Waals surface area contributed by atoms with Gasteiger partial charge in [-0.15, -0.1) is 0 Å². The summed E-state index contributed by atoms with van der Waals surface area (Å²) in [6, 6.07) is 12.2. The minimum absolute atomic E-state index is 0.0557. The molecule has 0 radical (unpaired) electrons. The van der Waals surface area contributed by atoms with E-state index in [-0.39, 0.29) is 12.7 Å². The summed E-state index contributed by atoms with van der Waals surface area (Å²) >= 11 is 0. The molecule has 1 fully saturated rings. The van der Waals surface area contributed by atoms with E-state index < -0.39 is 0 Å². The molecule has 2 aromatic carbocycles. The fourth-order valence-electron chi connectivity index (χ4n) is 3.69. The lowest BCUT2D eigenvalue weighted by Crippen LogP contribution is -2.24. The van der Waals surface area contributed by atoms with Crippen LogP contribution in [0.15, 0.2) is 36.4 Å². The van der Waals surface area contributed by atoms with Gasteiger partial charge < -0.3 is 19.8 Å². The van der Waals surface area contributed by atoms with Gasteiger partial charge in [0.05, 0.1) is 19.3 Å². The Hall–Kier alpha value is -1.88. The zero-order chi connectivity index (χ0) is 18.5. The molecule has 1 saturated heterocycles. The molecule has 1 atom stereocenters. The Balaban J connectivity index is 1.66. The van der Waals surface area contributed by atoms with Crippen LogP contribution in [0.4, 0.5) is 0 Å². The average molecular weight is 355 g/mol. The van der Waals surface area contributed by atoms with Gasteiger partial charge in [-0.3, -0.25) is 0 Å². The van der Waals surface area contributed by atoms with E-state index in [0.717, 1.165) is 66.0 Å². The second kappa shape index (κ2) is 8.67. The maximum Gasteiger partial charge on any atom is 0.122 e. The van der Waals surface area contributed by atoms with Gasteiger partial charge >= 0.3 is 0 Å². The highest BCUT2D eigenvalue weighted by molar-refractivity contribution is 5.73. The minimum atomic E-state index is -0.159. The van der Waals surface area contributed by atoms with Crippen molar-refractivity contribution in [3.8, 4) is 16.9 Å². The fourth-order valence-corrected chi connectivity index (χ4v) is 3.69. The molecule has 0 spiro atoms. The molecule has 4 heteroatoms. The standard InChI is InChI=1S/C22H29NO3/c1-16-18(15-24)6-3-7-20(16)21-8-4-9-22(17(21)2)26-13-5-11-23-12-10-19(25)14-23/h3-4,6-9,19,24-25H,5,10-15H2,1-2H3/t19-/m1/s1. The zero-order valence-electron chi connectivity index (χ0n) is 15.7. The Morgan fingerprint density at radius 2 is 1.81 bits per heavy atom. The monoisotopic (exact) mass is 355 g/mol. The molecule has 26 heavy (non-hydrogen) atoms. The molecule has 1 heterocycles. The Labute approximate surface area is 156 Å². The zero-order valence-corrected chi connectivity index (χ0v) is 15.7. The molecule has 1 aliphatic heterocycles. The molecule has 0 unspecified atom stereocenters. The summed E-state index contributed by atoms with van der Waals surface area (Å²) < 4.78 is 6.04. The van der Waals surface area contributed by atoms with Gasteiger partial charge in [-0.25, -0.2) is 0 Å². The second-order valence-corrected chi connectivity index (χ2v) is 7.12. The van der Waals surface area contributed by atoms with Gasteiger partial charge in [-0.2, -0.15) is 0 Å². The van der Waals surface area contributed by atoms with Gasteiger partial charge in [0, 0.05) is 19.6 Å². The first-order chi connectivity index (χ1) is 12.6. The SMILES string of the molecule is Cc1c(CO)cccc1-c1cccc(OCCCN2CC[C@@H](O)C2)c1C. The molecule has 140 valence electrons. The van der Waals surface area contributed by atoms with Crippen LogP contribution in [0.5, 0.6) is 5.75 Å². The summed E-state index contributed by atoms with van der Waals surface area (Å²) in [6.07, 6.45) is 1.68. The largest absolute Gasteiger partial charge is 0.493 e. The summed E-state index contributed by atoms with van der Waals surface area (Å²) in [6.45, 7) is 7.61. The molecule has 4 nitrogen and oxygen atoms in total. The normalized spacial score (nSPS) is 17.6. The van der Waals surface area contributed by atoms with Crippen LogP contribution in [0.2, 0.25) is 0 Å². The van der Waals surface area contributed by atoms with Gasteiger partial charge in [0.15, 0.2) is 0 Å². The highest BCUT2D eigenvalue weighted by Gasteiger charge is 2.19. The number of hydrogen-bond donors (Lipinski definition) is 2. The van der Waals surface area contributed by atoms with Crippen LogP contribution in [-0.2, 0) is 6.61 Å². The van der Waals surface area contributed by atoms with Crippen molar-refractivity contribution in [2.45, 2.75) is 39.4 Å². The Kier molecular flexibility index (Phi) is 6.30. The number of hydrogen-bond acceptors (Lipinski definition) is 4. The van der Waals surface area contributed by atoms with Gasteiger partial charge in [0.25, 0.3) is 0 Å². The lowest BCUT2D eigenvalue weighted by atomic mass is 9.93. The molecule has 0 bridgehead atoms. The van der Waals surface area contributed by atoms with E-state index in [1.165, 1.54) is 0 Å². The van der Waals surface area contributed by atoms with Crippen LogP contribution in [0, 0.1) is 13.8 Å². The first-order valence-electron chi connectivity index (χ1n) is 9.42. The summed E-state index contributed by atoms with van der Waals surface area (Å²) in [4.78, 5) is 2.29. The van der Waals surface area contributed by atoms with Crippen molar-refractivity contribution in [2.75, 3.05) is 26.2 Å². The van der Waals surface area contributed by atoms with Crippen molar-refractivity contribution in [3.63, 3.8) is 0 Å². The quantitative estimate of drug-likeness (QED) is 0.748. The third-order valence-corrected chi connectivity index (χ3v) is 5.31. The highest BCUT2D eigenvalue weighted by atomic mass is 16.5. The Bertz CT molecular complexity index is 744. The van der Waals surface area contributed by atoms with E-state index >= 15 is 0 Å². The third-order valence-electron chi connectivity index (χ3n) is 5.31. The van der Waals surface area contributed by atoms with E-state index in [0.29, 0.717) is 6.61 Å². The van der Waals surface area contributed by atoms with E-state index in [2.05, 4.69) is 30.9 Å². The highest BCUT2D eigenvalue weighted by Crippen LogP contribution is 2.33. The van der Waals surface area contributed by atoms with Crippen LogP contribution in [0.1, 0.15) is 29.5 Å². The number of rotatable bonds is 7. The molecular weight excluding hydrogens is 326 g/mol. The van der Waals surface area contributed by atoms with Crippen LogP contribution >= 0.6 is 0 Å². The smallest absolute Gasteiger partial charge is 0.122 e. The van der Waals surface area contributed by atoms with Gasteiger partial charge in [-0.05, 0) is 60.6 Å². The Morgan fingerprint density at radius 3 is 2.50 bits per heavy atom. The van der Waals surface area contributed by atoms with Gasteiger partial charge in [0.1, 0.15) is 5.75 Å². The first-order valence-corrected chi connectivity index (χ1v) is 9.42. The molecular formula is C22H29NO3.